The van der Waals surface area contributed by atoms with Crippen molar-refractivity contribution in [1.29, 1.82) is 0 Å². The first kappa shape index (κ1) is 19.6. The summed E-state index contributed by atoms with van der Waals surface area (Å²) in [6.45, 7) is 4.46. The van der Waals surface area contributed by atoms with Gasteiger partial charge in [-0.2, -0.15) is 0 Å². The molecule has 1 saturated heterocycles. The second-order valence-corrected chi connectivity index (χ2v) is 8.38. The van der Waals surface area contributed by atoms with Gasteiger partial charge >= 0.3 is 0 Å². The van der Waals surface area contributed by atoms with E-state index in [1.165, 1.54) is 18.3 Å². The van der Waals surface area contributed by atoms with Crippen molar-refractivity contribution in [2.24, 2.45) is 5.92 Å². The molecule has 1 saturated carbocycles. The number of carbonyl (C=O) groups is 1. The Morgan fingerprint density at radius 1 is 1.10 bits per heavy atom. The first-order chi connectivity index (χ1) is 15.0. The Bertz CT molecular complexity index is 1130. The summed E-state index contributed by atoms with van der Waals surface area (Å²) in [6.07, 6.45) is 4.97. The molecule has 3 aromatic rings. The fourth-order valence-electron chi connectivity index (χ4n) is 4.63. The molecular weight excluding hydrogens is 395 g/mol. The summed E-state index contributed by atoms with van der Waals surface area (Å²) in [5.74, 6) is 0.302. The lowest BCUT2D eigenvalue weighted by Gasteiger charge is -2.33. The Morgan fingerprint density at radius 3 is 2.71 bits per heavy atom. The first-order valence-corrected chi connectivity index (χ1v) is 10.5. The highest BCUT2D eigenvalue weighted by atomic mass is 19.1. The van der Waals surface area contributed by atoms with Crippen molar-refractivity contribution in [2.45, 2.75) is 38.8 Å². The minimum Gasteiger partial charge on any atom is -0.472 e. The number of hydrogen-bond donors (Lipinski definition) is 0. The molecule has 2 bridgehead atoms. The van der Waals surface area contributed by atoms with E-state index >= 15 is 0 Å². The van der Waals surface area contributed by atoms with Crippen LogP contribution in [0.25, 0.3) is 11.4 Å². The lowest BCUT2D eigenvalue weighted by Crippen LogP contribution is -2.47. The van der Waals surface area contributed by atoms with Gasteiger partial charge in [0.15, 0.2) is 5.82 Å². The number of fused-ring (bicyclic) bond motifs is 2. The molecule has 1 aliphatic heterocycles. The van der Waals surface area contributed by atoms with Crippen molar-refractivity contribution in [3.8, 4) is 17.3 Å². The summed E-state index contributed by atoms with van der Waals surface area (Å²) in [5, 5.41) is 0. The van der Waals surface area contributed by atoms with Gasteiger partial charge < -0.3 is 9.64 Å². The van der Waals surface area contributed by atoms with E-state index < -0.39 is 5.82 Å². The van der Waals surface area contributed by atoms with Gasteiger partial charge in [0.25, 0.3) is 5.91 Å². The van der Waals surface area contributed by atoms with Crippen LogP contribution in [-0.4, -0.2) is 44.4 Å². The van der Waals surface area contributed by atoms with Crippen molar-refractivity contribution < 1.29 is 13.9 Å². The Kier molecular flexibility index (Phi) is 4.88. The molecule has 5 rings (SSSR count). The Labute approximate surface area is 180 Å². The molecule has 6 nitrogen and oxygen atoms in total. The molecule has 158 valence electrons. The number of likely N-dealkylation sites (tertiary alicyclic amines) is 1. The molecule has 4 heterocycles. The van der Waals surface area contributed by atoms with Crippen molar-refractivity contribution in [3.05, 3.63) is 71.4 Å². The number of nitrogens with zero attached hydrogens (tertiary/aromatic N) is 4. The van der Waals surface area contributed by atoms with E-state index in [0.29, 0.717) is 29.6 Å². The van der Waals surface area contributed by atoms with E-state index in [2.05, 4.69) is 15.0 Å². The molecule has 31 heavy (non-hydrogen) atoms. The molecule has 2 fully saturated rings. The number of rotatable bonds is 4. The largest absolute Gasteiger partial charge is 0.472 e. The number of piperidine rings is 1. The van der Waals surface area contributed by atoms with Crippen LogP contribution in [0.5, 0.6) is 5.88 Å². The standard InChI is InChI=1S/C24H23FN4O2/c1-14-5-8-21(27-12-14)31-20-11-16-10-19(20)29(13-16)24(30)17-7-6-15(2)28-22(17)23-18(25)4-3-9-26-23/h3-9,12,16,19-20H,10-11,13H2,1-2H3. The minimum absolute atomic E-state index is 0.0386. The monoisotopic (exact) mass is 418 g/mol. The summed E-state index contributed by atoms with van der Waals surface area (Å²) in [5.41, 5.74) is 2.51. The van der Waals surface area contributed by atoms with Gasteiger partial charge in [-0.25, -0.2) is 9.37 Å². The second-order valence-electron chi connectivity index (χ2n) is 8.38. The second kappa shape index (κ2) is 7.72. The van der Waals surface area contributed by atoms with Crippen molar-refractivity contribution in [3.63, 3.8) is 0 Å². The third-order valence-corrected chi connectivity index (χ3v) is 6.09. The average molecular weight is 418 g/mol. The van der Waals surface area contributed by atoms with Crippen LogP contribution in [0.1, 0.15) is 34.5 Å². The van der Waals surface area contributed by atoms with E-state index in [9.17, 15) is 9.18 Å². The van der Waals surface area contributed by atoms with E-state index in [1.54, 1.807) is 18.3 Å². The van der Waals surface area contributed by atoms with Gasteiger partial charge in [-0.3, -0.25) is 14.8 Å². The van der Waals surface area contributed by atoms with Crippen LogP contribution in [0.4, 0.5) is 4.39 Å². The van der Waals surface area contributed by atoms with Crippen LogP contribution < -0.4 is 4.74 Å². The number of hydrogen-bond acceptors (Lipinski definition) is 5. The van der Waals surface area contributed by atoms with E-state index in [4.69, 9.17) is 4.74 Å². The molecule has 1 aliphatic carbocycles. The molecule has 2 aliphatic rings. The maximum Gasteiger partial charge on any atom is 0.256 e. The summed E-state index contributed by atoms with van der Waals surface area (Å²) in [6, 6.07) is 10.1. The highest BCUT2D eigenvalue weighted by Crippen LogP contribution is 2.41. The average Bonchev–Trinajstić information content (AvgIpc) is 3.36. The molecule has 3 atom stereocenters. The molecular formula is C24H23FN4O2. The molecule has 0 aromatic carbocycles. The molecule has 3 unspecified atom stereocenters. The predicted octanol–water partition coefficient (Wildman–Crippen LogP) is 3.98. The highest BCUT2D eigenvalue weighted by Gasteiger charge is 2.48. The van der Waals surface area contributed by atoms with Crippen LogP contribution >= 0.6 is 0 Å². The number of ether oxygens (including phenoxy) is 1. The summed E-state index contributed by atoms with van der Waals surface area (Å²) >= 11 is 0. The number of aromatic nitrogens is 3. The first-order valence-electron chi connectivity index (χ1n) is 10.5. The van der Waals surface area contributed by atoms with Crippen LogP contribution in [-0.2, 0) is 0 Å². The molecule has 3 aromatic heterocycles. The van der Waals surface area contributed by atoms with E-state index in [0.717, 1.165) is 18.4 Å². The zero-order valence-corrected chi connectivity index (χ0v) is 17.5. The third-order valence-electron chi connectivity index (χ3n) is 6.09. The maximum atomic E-state index is 14.5. The quantitative estimate of drug-likeness (QED) is 0.641. The number of carbonyl (C=O) groups excluding carboxylic acids is 1. The number of amides is 1. The lowest BCUT2D eigenvalue weighted by molar-refractivity contribution is 0.0467. The SMILES string of the molecule is Cc1ccc(OC2CC3CC2N(C(=O)c2ccc(C)nc2-c2ncccc2F)C3)nc1. The third kappa shape index (κ3) is 3.65. The van der Waals surface area contributed by atoms with Gasteiger partial charge in [0, 0.05) is 30.7 Å². The molecule has 0 spiro atoms. The van der Waals surface area contributed by atoms with Gasteiger partial charge in [0.1, 0.15) is 17.5 Å². The van der Waals surface area contributed by atoms with Gasteiger partial charge in [-0.15, -0.1) is 0 Å². The normalized spacial score (nSPS) is 22.0. The summed E-state index contributed by atoms with van der Waals surface area (Å²) < 4.78 is 20.6. The lowest BCUT2D eigenvalue weighted by atomic mass is 10.0. The smallest absolute Gasteiger partial charge is 0.256 e. The van der Waals surface area contributed by atoms with Gasteiger partial charge in [-0.05, 0) is 62.4 Å². The zero-order valence-electron chi connectivity index (χ0n) is 17.5. The van der Waals surface area contributed by atoms with Crippen molar-refractivity contribution in [2.75, 3.05) is 6.54 Å². The summed E-state index contributed by atoms with van der Waals surface area (Å²) in [7, 11) is 0. The molecule has 0 radical (unpaired) electrons. The predicted molar refractivity (Wildman–Crippen MR) is 113 cm³/mol. The van der Waals surface area contributed by atoms with Gasteiger partial charge in [-0.1, -0.05) is 6.07 Å². The molecule has 0 N–H and O–H groups in total. The van der Waals surface area contributed by atoms with Crippen LogP contribution in [0, 0.1) is 25.6 Å². The number of aryl methyl sites for hydroxylation is 2. The number of halogens is 1. The van der Waals surface area contributed by atoms with Gasteiger partial charge in [0.2, 0.25) is 5.88 Å². The summed E-state index contributed by atoms with van der Waals surface area (Å²) in [4.78, 5) is 28.4. The van der Waals surface area contributed by atoms with Crippen molar-refractivity contribution >= 4 is 5.91 Å². The molecule has 7 heteroatoms. The van der Waals surface area contributed by atoms with Crippen molar-refractivity contribution in [1.82, 2.24) is 19.9 Å². The van der Waals surface area contributed by atoms with Crippen LogP contribution in [0.15, 0.2) is 48.8 Å². The molecule has 1 amide bonds. The zero-order chi connectivity index (χ0) is 21.5. The minimum atomic E-state index is -0.496. The van der Waals surface area contributed by atoms with E-state index in [1.807, 2.05) is 30.9 Å². The highest BCUT2D eigenvalue weighted by molar-refractivity contribution is 6.00. The Balaban J connectivity index is 1.43. The van der Waals surface area contributed by atoms with E-state index in [-0.39, 0.29) is 29.4 Å². The van der Waals surface area contributed by atoms with Gasteiger partial charge in [0.05, 0.1) is 11.6 Å². The maximum absolute atomic E-state index is 14.5. The fraction of sp³-hybridized carbons (Fsp3) is 0.333. The fourth-order valence-corrected chi connectivity index (χ4v) is 4.63. The van der Waals surface area contributed by atoms with Crippen LogP contribution in [0.2, 0.25) is 0 Å². The Hall–Kier alpha value is -3.35. The topological polar surface area (TPSA) is 68.2 Å². The number of pyridine rings is 3. The Morgan fingerprint density at radius 2 is 1.97 bits per heavy atom. The van der Waals surface area contributed by atoms with Crippen LogP contribution in [0.3, 0.4) is 0 Å².